The normalized spacial score (nSPS) is 10.6. The molecule has 0 fully saturated rings. The lowest BCUT2D eigenvalue weighted by Crippen LogP contribution is -1.88. The van der Waals surface area contributed by atoms with E-state index in [1.165, 1.54) is 15.4 Å². The summed E-state index contributed by atoms with van der Waals surface area (Å²) in [6.45, 7) is 4.19. The molecule has 3 heteroatoms. The van der Waals surface area contributed by atoms with Crippen molar-refractivity contribution in [3.05, 3.63) is 49.9 Å². The van der Waals surface area contributed by atoms with Crippen molar-refractivity contribution in [2.75, 3.05) is 0 Å². The summed E-state index contributed by atoms with van der Waals surface area (Å²) in [7, 11) is 0. The number of aromatic nitrogens is 1. The largest absolute Gasteiger partial charge is 0.246 e. The predicted octanol–water partition coefficient (Wildman–Crippen LogP) is 4.11. The lowest BCUT2D eigenvalue weighted by atomic mass is 10.2. The molecule has 1 aromatic heterocycles. The molecule has 78 valence electrons. The number of hydrogen-bond acceptors (Lipinski definition) is 2. The van der Waals surface area contributed by atoms with Crippen molar-refractivity contribution >= 4 is 27.3 Å². The van der Waals surface area contributed by atoms with Gasteiger partial charge in [0.25, 0.3) is 0 Å². The van der Waals surface area contributed by atoms with Crippen molar-refractivity contribution in [3.8, 4) is 0 Å². The van der Waals surface area contributed by atoms with Gasteiger partial charge in [-0.2, -0.15) is 0 Å². The first kappa shape index (κ1) is 10.8. The van der Waals surface area contributed by atoms with E-state index in [-0.39, 0.29) is 0 Å². The Hall–Kier alpha value is -0.670. The third kappa shape index (κ3) is 2.47. The van der Waals surface area contributed by atoms with Crippen molar-refractivity contribution in [1.29, 1.82) is 0 Å². The molecule has 0 aliphatic carbocycles. The van der Waals surface area contributed by atoms with Gasteiger partial charge in [0.05, 0.1) is 10.7 Å². The average Bonchev–Trinajstić information content (AvgIpc) is 2.50. The zero-order valence-electron chi connectivity index (χ0n) is 8.75. The maximum absolute atomic E-state index is 4.54. The van der Waals surface area contributed by atoms with E-state index in [4.69, 9.17) is 0 Å². The van der Waals surface area contributed by atoms with Crippen molar-refractivity contribution in [3.63, 3.8) is 0 Å². The summed E-state index contributed by atoms with van der Waals surface area (Å²) in [5, 5.41) is 1.19. The van der Waals surface area contributed by atoms with Crippen LogP contribution in [0, 0.1) is 13.8 Å². The molecule has 0 spiro atoms. The van der Waals surface area contributed by atoms with Crippen LogP contribution < -0.4 is 0 Å². The number of rotatable bonds is 2. The van der Waals surface area contributed by atoms with Crippen LogP contribution >= 0.6 is 27.3 Å². The number of aryl methyl sites for hydroxylation is 2. The molecule has 2 rings (SSSR count). The number of thiazole rings is 1. The van der Waals surface area contributed by atoms with Gasteiger partial charge in [-0.3, -0.25) is 0 Å². The second-order valence-corrected chi connectivity index (χ2v) is 5.66. The number of nitrogens with zero attached hydrogens (tertiary/aromatic N) is 1. The highest BCUT2D eigenvalue weighted by Gasteiger charge is 2.06. The van der Waals surface area contributed by atoms with Gasteiger partial charge in [0, 0.05) is 15.8 Å². The number of benzene rings is 1. The van der Waals surface area contributed by atoms with Crippen LogP contribution in [0.3, 0.4) is 0 Å². The quantitative estimate of drug-likeness (QED) is 0.807. The zero-order valence-corrected chi connectivity index (χ0v) is 11.2. The SMILES string of the molecule is Cc1nc(Cc2ccccc2Br)sc1C. The van der Waals surface area contributed by atoms with Crippen LogP contribution in [0.25, 0.3) is 0 Å². The van der Waals surface area contributed by atoms with Crippen LogP contribution in [0.4, 0.5) is 0 Å². The van der Waals surface area contributed by atoms with E-state index >= 15 is 0 Å². The van der Waals surface area contributed by atoms with E-state index in [9.17, 15) is 0 Å². The van der Waals surface area contributed by atoms with E-state index in [1.54, 1.807) is 11.3 Å². The van der Waals surface area contributed by atoms with Gasteiger partial charge in [0.1, 0.15) is 0 Å². The molecular formula is C12H12BrNS. The third-order valence-corrected chi connectivity index (χ3v) is 4.22. The molecule has 0 aliphatic rings. The summed E-state index contributed by atoms with van der Waals surface area (Å²) in [6.07, 6.45) is 0.917. The molecule has 0 aliphatic heterocycles. The Labute approximate surface area is 102 Å². The van der Waals surface area contributed by atoms with Gasteiger partial charge in [-0.25, -0.2) is 4.98 Å². The standard InChI is InChI=1S/C12H12BrNS/c1-8-9(2)15-12(14-8)7-10-5-3-4-6-11(10)13/h3-6H,7H2,1-2H3. The van der Waals surface area contributed by atoms with Gasteiger partial charge in [-0.1, -0.05) is 34.1 Å². The molecule has 0 atom stereocenters. The second-order valence-electron chi connectivity index (χ2n) is 3.52. The molecule has 2 aromatic rings. The Morgan fingerprint density at radius 3 is 2.60 bits per heavy atom. The van der Waals surface area contributed by atoms with Crippen LogP contribution in [0.5, 0.6) is 0 Å². The Morgan fingerprint density at radius 1 is 1.27 bits per heavy atom. The first-order valence-electron chi connectivity index (χ1n) is 4.83. The van der Waals surface area contributed by atoms with E-state index < -0.39 is 0 Å². The molecule has 0 bridgehead atoms. The Kier molecular flexibility index (Phi) is 3.22. The highest BCUT2D eigenvalue weighted by atomic mass is 79.9. The fourth-order valence-electron chi connectivity index (χ4n) is 1.42. The first-order valence-corrected chi connectivity index (χ1v) is 6.44. The van der Waals surface area contributed by atoms with Gasteiger partial charge in [0.2, 0.25) is 0 Å². The van der Waals surface area contributed by atoms with Crippen molar-refractivity contribution in [1.82, 2.24) is 4.98 Å². The molecule has 0 radical (unpaired) electrons. The van der Waals surface area contributed by atoms with Crippen LogP contribution in [0.1, 0.15) is 21.1 Å². The monoisotopic (exact) mass is 281 g/mol. The van der Waals surface area contributed by atoms with Gasteiger partial charge in [0.15, 0.2) is 0 Å². The molecule has 0 saturated carbocycles. The van der Waals surface area contributed by atoms with Gasteiger partial charge in [-0.15, -0.1) is 11.3 Å². The van der Waals surface area contributed by atoms with Crippen LogP contribution in [-0.4, -0.2) is 4.98 Å². The minimum absolute atomic E-state index is 0.917. The first-order chi connectivity index (χ1) is 7.16. The average molecular weight is 282 g/mol. The molecule has 0 unspecified atom stereocenters. The smallest absolute Gasteiger partial charge is 0.0975 e. The highest BCUT2D eigenvalue weighted by molar-refractivity contribution is 9.10. The van der Waals surface area contributed by atoms with Gasteiger partial charge >= 0.3 is 0 Å². The van der Waals surface area contributed by atoms with E-state index in [0.29, 0.717) is 0 Å². The fourth-order valence-corrected chi connectivity index (χ4v) is 2.80. The summed E-state index contributed by atoms with van der Waals surface area (Å²) in [6, 6.07) is 8.30. The lowest BCUT2D eigenvalue weighted by molar-refractivity contribution is 1.09. The van der Waals surface area contributed by atoms with Gasteiger partial charge < -0.3 is 0 Å². The Bertz CT molecular complexity index is 457. The van der Waals surface area contributed by atoms with Crippen LogP contribution in [0.15, 0.2) is 28.7 Å². The maximum atomic E-state index is 4.54. The second kappa shape index (κ2) is 4.45. The summed E-state index contributed by atoms with van der Waals surface area (Å²) in [4.78, 5) is 5.86. The molecule has 0 N–H and O–H groups in total. The third-order valence-electron chi connectivity index (χ3n) is 2.37. The Morgan fingerprint density at radius 2 is 2.00 bits per heavy atom. The molecule has 0 amide bonds. The topological polar surface area (TPSA) is 12.9 Å². The lowest BCUT2D eigenvalue weighted by Gasteiger charge is -2.00. The highest BCUT2D eigenvalue weighted by Crippen LogP contribution is 2.23. The number of halogens is 1. The van der Waals surface area contributed by atoms with E-state index in [2.05, 4.69) is 53.0 Å². The number of hydrogen-bond donors (Lipinski definition) is 0. The summed E-state index contributed by atoms with van der Waals surface area (Å²) in [5.41, 5.74) is 2.45. The minimum Gasteiger partial charge on any atom is -0.246 e. The van der Waals surface area contributed by atoms with E-state index in [0.717, 1.165) is 16.6 Å². The minimum atomic E-state index is 0.917. The zero-order chi connectivity index (χ0) is 10.8. The maximum Gasteiger partial charge on any atom is 0.0975 e. The molecule has 15 heavy (non-hydrogen) atoms. The molecule has 1 heterocycles. The molecular weight excluding hydrogens is 270 g/mol. The summed E-state index contributed by atoms with van der Waals surface area (Å²) in [5.74, 6) is 0. The summed E-state index contributed by atoms with van der Waals surface area (Å²) >= 11 is 5.34. The van der Waals surface area contributed by atoms with Crippen molar-refractivity contribution in [2.45, 2.75) is 20.3 Å². The van der Waals surface area contributed by atoms with Crippen molar-refractivity contribution < 1.29 is 0 Å². The fraction of sp³-hybridized carbons (Fsp3) is 0.250. The molecule has 0 saturated heterocycles. The summed E-state index contributed by atoms with van der Waals surface area (Å²) < 4.78 is 1.16. The van der Waals surface area contributed by atoms with Gasteiger partial charge in [-0.05, 0) is 25.5 Å². The van der Waals surface area contributed by atoms with E-state index in [1.807, 2.05) is 6.07 Å². The molecule has 1 aromatic carbocycles. The van der Waals surface area contributed by atoms with Crippen LogP contribution in [-0.2, 0) is 6.42 Å². The predicted molar refractivity (Wildman–Crippen MR) is 68.5 cm³/mol. The van der Waals surface area contributed by atoms with Crippen LogP contribution in [0.2, 0.25) is 0 Å². The molecule has 1 nitrogen and oxygen atoms in total. The van der Waals surface area contributed by atoms with Crippen molar-refractivity contribution in [2.24, 2.45) is 0 Å². The Balaban J connectivity index is 2.26.